The van der Waals surface area contributed by atoms with Crippen molar-refractivity contribution in [3.05, 3.63) is 0 Å². The lowest BCUT2D eigenvalue weighted by Gasteiger charge is -1.90. The van der Waals surface area contributed by atoms with Gasteiger partial charge in [-0.15, -0.1) is 0 Å². The van der Waals surface area contributed by atoms with Crippen LogP contribution in [-0.2, 0) is 0 Å². The third kappa shape index (κ3) is 0.918. The van der Waals surface area contributed by atoms with Gasteiger partial charge in [-0.1, -0.05) is 0 Å². The van der Waals surface area contributed by atoms with Crippen LogP contribution in [0.25, 0.3) is 0 Å². The highest BCUT2D eigenvalue weighted by Crippen LogP contribution is 1.75. The molecule has 0 spiro atoms. The minimum Gasteiger partial charge on any atom is -0.274 e. The maximum absolute atomic E-state index is 3.22. The van der Waals surface area contributed by atoms with E-state index in [2.05, 4.69) is 17.2 Å². The summed E-state index contributed by atoms with van der Waals surface area (Å²) >= 11 is 0. The fourth-order valence-electron chi connectivity index (χ4n) is 0.778. The molecule has 0 radical (unpaired) electrons. The Kier molecular flexibility index (Phi) is 1.01. The van der Waals surface area contributed by atoms with Gasteiger partial charge in [0.05, 0.1) is 0 Å². The van der Waals surface area contributed by atoms with Gasteiger partial charge in [0.15, 0.2) is 0 Å². The van der Waals surface area contributed by atoms with E-state index >= 15 is 0 Å². The van der Waals surface area contributed by atoms with E-state index in [0.29, 0.717) is 6.04 Å². The first kappa shape index (κ1) is 4.62. The summed E-state index contributed by atoms with van der Waals surface area (Å²) in [5.74, 6) is 1.20. The fourth-order valence-corrected chi connectivity index (χ4v) is 0.778. The lowest BCUT2D eigenvalue weighted by Crippen LogP contribution is -2.70. The third-order valence-corrected chi connectivity index (χ3v) is 1.14. The Labute approximate surface area is 43.6 Å². The van der Waals surface area contributed by atoms with Gasteiger partial charge in [-0.25, -0.2) is 0 Å². The smallest absolute Gasteiger partial charge is 0.239 e. The molecule has 40 valence electrons. The maximum atomic E-state index is 3.22. The molecule has 0 saturated carbocycles. The van der Waals surface area contributed by atoms with Gasteiger partial charge >= 0.3 is 0 Å². The Morgan fingerprint density at radius 2 is 2.57 bits per heavy atom. The molecule has 7 heavy (non-hydrogen) atoms. The normalized spacial score (nSPS) is 29.4. The minimum atomic E-state index is 0.625. The number of rotatable bonds is 0. The molecule has 0 unspecified atom stereocenters. The molecule has 1 aliphatic rings. The lowest BCUT2D eigenvalue weighted by atomic mass is 10.4. The van der Waals surface area contributed by atoms with Crippen molar-refractivity contribution in [1.29, 1.82) is 0 Å². The molecule has 0 bridgehead atoms. The van der Waals surface area contributed by atoms with Crippen LogP contribution in [0.4, 0.5) is 0 Å². The summed E-state index contributed by atoms with van der Waals surface area (Å²) in [6.45, 7) is 5.28. The standard InChI is InChI=1S/C5H10N2/c1-4-3-6-5(2)7-4/h4H,3H2,1-2H3,(H,6,7)/p+1/t4-/m0/s1. The largest absolute Gasteiger partial charge is 0.274 e. The highest BCUT2D eigenvalue weighted by Gasteiger charge is 2.13. The summed E-state index contributed by atoms with van der Waals surface area (Å²) in [4.78, 5) is 3.17. The average Bonchev–Trinajstić information content (AvgIpc) is 1.87. The first-order valence-electron chi connectivity index (χ1n) is 2.63. The summed E-state index contributed by atoms with van der Waals surface area (Å²) in [6.07, 6.45) is 0. The zero-order valence-electron chi connectivity index (χ0n) is 4.78. The molecule has 0 aromatic heterocycles. The van der Waals surface area contributed by atoms with Gasteiger partial charge in [0, 0.05) is 6.92 Å². The summed E-state index contributed by atoms with van der Waals surface area (Å²) in [5.41, 5.74) is 0. The van der Waals surface area contributed by atoms with Crippen LogP contribution in [0.1, 0.15) is 13.8 Å². The molecule has 0 aromatic carbocycles. The van der Waals surface area contributed by atoms with Crippen molar-refractivity contribution in [3.63, 3.8) is 0 Å². The van der Waals surface area contributed by atoms with E-state index in [1.54, 1.807) is 0 Å². The Bertz CT molecular complexity index is 96.3. The molecule has 1 atom stereocenters. The molecule has 0 fully saturated rings. The van der Waals surface area contributed by atoms with Crippen LogP contribution in [0.3, 0.4) is 0 Å². The van der Waals surface area contributed by atoms with Crippen LogP contribution >= 0.6 is 0 Å². The topological polar surface area (TPSA) is 26.0 Å². The fraction of sp³-hybridized carbons (Fsp3) is 0.800. The molecular formula is C5H11N2+. The van der Waals surface area contributed by atoms with Crippen LogP contribution in [0.2, 0.25) is 0 Å². The van der Waals surface area contributed by atoms with Crippen molar-refractivity contribution in [1.82, 2.24) is 5.32 Å². The minimum absolute atomic E-state index is 0.625. The van der Waals surface area contributed by atoms with E-state index in [1.807, 2.05) is 6.92 Å². The van der Waals surface area contributed by atoms with Gasteiger partial charge in [0.2, 0.25) is 5.84 Å². The van der Waals surface area contributed by atoms with Gasteiger partial charge in [0.25, 0.3) is 0 Å². The predicted octanol–water partition coefficient (Wildman–Crippen LogP) is -1.52. The average molecular weight is 99.2 g/mol. The molecule has 1 aliphatic heterocycles. The number of nitrogens with one attached hydrogen (secondary N) is 2. The van der Waals surface area contributed by atoms with E-state index in [1.165, 1.54) is 5.84 Å². The zero-order chi connectivity index (χ0) is 5.28. The van der Waals surface area contributed by atoms with Crippen molar-refractivity contribution in [2.24, 2.45) is 0 Å². The van der Waals surface area contributed by atoms with Crippen molar-refractivity contribution in [2.75, 3.05) is 6.54 Å². The molecule has 0 amide bonds. The first-order chi connectivity index (χ1) is 3.29. The van der Waals surface area contributed by atoms with E-state index in [9.17, 15) is 0 Å². The van der Waals surface area contributed by atoms with E-state index < -0.39 is 0 Å². The van der Waals surface area contributed by atoms with Crippen LogP contribution in [0.5, 0.6) is 0 Å². The third-order valence-electron chi connectivity index (χ3n) is 1.14. The quantitative estimate of drug-likeness (QED) is 0.379. The van der Waals surface area contributed by atoms with Crippen molar-refractivity contribution >= 4 is 5.84 Å². The second-order valence-electron chi connectivity index (χ2n) is 2.05. The number of hydrogen-bond donors (Lipinski definition) is 2. The Morgan fingerprint density at radius 3 is 2.71 bits per heavy atom. The summed E-state index contributed by atoms with van der Waals surface area (Å²) < 4.78 is 0. The van der Waals surface area contributed by atoms with Crippen LogP contribution < -0.4 is 10.3 Å². The van der Waals surface area contributed by atoms with E-state index in [-0.39, 0.29) is 0 Å². The van der Waals surface area contributed by atoms with Gasteiger partial charge < -0.3 is 0 Å². The summed E-state index contributed by atoms with van der Waals surface area (Å²) in [5, 5.41) is 3.22. The maximum Gasteiger partial charge on any atom is 0.239 e. The van der Waals surface area contributed by atoms with E-state index in [4.69, 9.17) is 0 Å². The van der Waals surface area contributed by atoms with Crippen molar-refractivity contribution in [2.45, 2.75) is 19.9 Å². The summed E-state index contributed by atoms with van der Waals surface area (Å²) in [6, 6.07) is 0.625. The molecule has 2 heteroatoms. The van der Waals surface area contributed by atoms with Crippen LogP contribution in [0, 0.1) is 0 Å². The van der Waals surface area contributed by atoms with Crippen molar-refractivity contribution in [3.8, 4) is 0 Å². The highest BCUT2D eigenvalue weighted by atomic mass is 15.1. The summed E-state index contributed by atoms with van der Waals surface area (Å²) in [7, 11) is 0. The second kappa shape index (κ2) is 1.52. The number of hydrogen-bond acceptors (Lipinski definition) is 1. The Morgan fingerprint density at radius 1 is 1.86 bits per heavy atom. The molecule has 1 heterocycles. The number of amidine groups is 1. The Hall–Kier alpha value is -0.530. The first-order valence-corrected chi connectivity index (χ1v) is 2.63. The van der Waals surface area contributed by atoms with Gasteiger partial charge in [-0.2, -0.15) is 0 Å². The lowest BCUT2D eigenvalue weighted by molar-refractivity contribution is -0.448. The van der Waals surface area contributed by atoms with Gasteiger partial charge in [-0.05, 0) is 6.92 Å². The molecule has 0 aromatic rings. The molecule has 0 saturated heterocycles. The Balaban J connectivity index is 2.42. The van der Waals surface area contributed by atoms with Crippen LogP contribution in [0.15, 0.2) is 0 Å². The molecule has 2 nitrogen and oxygen atoms in total. The SMILES string of the molecule is CC1=[NH+]C[C@H](C)N1. The zero-order valence-corrected chi connectivity index (χ0v) is 4.78. The molecule has 1 rings (SSSR count). The van der Waals surface area contributed by atoms with Gasteiger partial charge in [0.1, 0.15) is 12.6 Å². The predicted molar refractivity (Wildman–Crippen MR) is 29.1 cm³/mol. The van der Waals surface area contributed by atoms with Crippen molar-refractivity contribution < 1.29 is 4.99 Å². The van der Waals surface area contributed by atoms with Crippen LogP contribution in [-0.4, -0.2) is 18.4 Å². The molecular weight excluding hydrogens is 88.1 g/mol. The van der Waals surface area contributed by atoms with E-state index in [0.717, 1.165) is 6.54 Å². The highest BCUT2D eigenvalue weighted by molar-refractivity contribution is 5.74. The second-order valence-corrected chi connectivity index (χ2v) is 2.05. The van der Waals surface area contributed by atoms with Gasteiger partial charge in [-0.3, -0.25) is 10.3 Å². The molecule has 2 N–H and O–H groups in total. The monoisotopic (exact) mass is 99.1 g/mol. The molecule has 0 aliphatic carbocycles.